The van der Waals surface area contributed by atoms with Crippen molar-refractivity contribution in [3.8, 4) is 5.69 Å². The molecule has 4 amide bonds. The van der Waals surface area contributed by atoms with Gasteiger partial charge >= 0.3 is 0 Å². The smallest absolute Gasteiger partial charge is 0.276 e. The van der Waals surface area contributed by atoms with E-state index in [1.165, 1.54) is 17.7 Å². The van der Waals surface area contributed by atoms with Crippen LogP contribution in [0.25, 0.3) is 5.69 Å². The average Bonchev–Trinajstić information content (AvgIpc) is 3.42. The number of fused-ring (bicyclic) bond motifs is 1. The molecule has 0 spiro atoms. The summed E-state index contributed by atoms with van der Waals surface area (Å²) >= 11 is 0. The zero-order valence-corrected chi connectivity index (χ0v) is 20.2. The normalized spacial score (nSPS) is 24.8. The minimum Gasteiger partial charge on any atom is -0.332 e. The molecule has 11 nitrogen and oxygen atoms in total. The first-order valence-corrected chi connectivity index (χ1v) is 12.6. The number of benzene rings is 1. The van der Waals surface area contributed by atoms with E-state index >= 15 is 0 Å². The molecule has 3 aliphatic heterocycles. The number of piperidine rings is 1. The van der Waals surface area contributed by atoms with Gasteiger partial charge in [0.2, 0.25) is 11.8 Å². The van der Waals surface area contributed by atoms with Gasteiger partial charge in [0.15, 0.2) is 5.69 Å². The number of carbonyl (C=O) groups excluding carboxylic acids is 4. The third-order valence-electron chi connectivity index (χ3n) is 7.67. The summed E-state index contributed by atoms with van der Waals surface area (Å²) < 4.78 is 1.54. The van der Waals surface area contributed by atoms with Gasteiger partial charge in [0.1, 0.15) is 6.04 Å². The first kappa shape index (κ1) is 22.8. The number of carbonyl (C=O) groups is 4. The van der Waals surface area contributed by atoms with E-state index in [1.54, 1.807) is 23.0 Å². The number of hydrogen-bond acceptors (Lipinski definition) is 7. The van der Waals surface area contributed by atoms with Gasteiger partial charge in [-0.1, -0.05) is 5.21 Å². The fraction of sp³-hybridized carbons (Fsp3) is 0.520. The zero-order chi connectivity index (χ0) is 25.0. The molecule has 1 aromatic heterocycles. The zero-order valence-electron chi connectivity index (χ0n) is 20.2. The van der Waals surface area contributed by atoms with Crippen LogP contribution in [0, 0.1) is 5.92 Å². The number of rotatable bonds is 5. The number of imide groups is 1. The summed E-state index contributed by atoms with van der Waals surface area (Å²) in [5.74, 6) is -0.267. The summed E-state index contributed by atoms with van der Waals surface area (Å²) in [4.78, 5) is 55.7. The molecular formula is C25H29N7O4. The van der Waals surface area contributed by atoms with Gasteiger partial charge in [0.05, 0.1) is 11.9 Å². The summed E-state index contributed by atoms with van der Waals surface area (Å²) in [7, 11) is 0. The van der Waals surface area contributed by atoms with Gasteiger partial charge in [-0.25, -0.2) is 4.68 Å². The van der Waals surface area contributed by atoms with Crippen LogP contribution in [-0.4, -0.2) is 91.6 Å². The maximum absolute atomic E-state index is 13.2. The standard InChI is InChI=1S/C25H29N7O4/c1-15-11-29(12-16-2-3-16)8-9-30(15)25(36)20-14-32(28-27-20)18-4-5-19-17(10-18)13-31(24(19)35)21-6-7-22(33)26-23(21)34/h4-5,10,14-16,21H,2-3,6-9,11-13H2,1H3,(H,26,33,34). The van der Waals surface area contributed by atoms with E-state index < -0.39 is 11.9 Å². The van der Waals surface area contributed by atoms with Crippen LogP contribution >= 0.6 is 0 Å². The lowest BCUT2D eigenvalue weighted by molar-refractivity contribution is -0.136. The molecule has 6 rings (SSSR count). The Labute approximate surface area is 208 Å². The van der Waals surface area contributed by atoms with Gasteiger partial charge in [-0.3, -0.25) is 29.4 Å². The number of aromatic nitrogens is 3. The molecule has 2 saturated heterocycles. The van der Waals surface area contributed by atoms with Gasteiger partial charge in [0.25, 0.3) is 11.8 Å². The minimum absolute atomic E-state index is 0.111. The molecule has 1 aliphatic carbocycles. The highest BCUT2D eigenvalue weighted by atomic mass is 16.2. The third kappa shape index (κ3) is 4.17. The number of nitrogens with one attached hydrogen (secondary N) is 1. The Morgan fingerprint density at radius 2 is 1.97 bits per heavy atom. The molecule has 188 valence electrons. The molecule has 1 saturated carbocycles. The average molecular weight is 492 g/mol. The molecule has 2 unspecified atom stereocenters. The maximum Gasteiger partial charge on any atom is 0.276 e. The van der Waals surface area contributed by atoms with Crippen LogP contribution in [0.5, 0.6) is 0 Å². The van der Waals surface area contributed by atoms with Crippen molar-refractivity contribution in [3.05, 3.63) is 41.2 Å². The maximum atomic E-state index is 13.2. The highest BCUT2D eigenvalue weighted by Crippen LogP contribution is 2.31. The highest BCUT2D eigenvalue weighted by Gasteiger charge is 2.39. The molecule has 2 aromatic rings. The molecule has 4 aliphatic rings. The van der Waals surface area contributed by atoms with Crippen LogP contribution < -0.4 is 5.32 Å². The summed E-state index contributed by atoms with van der Waals surface area (Å²) in [6, 6.07) is 4.75. The second-order valence-corrected chi connectivity index (χ2v) is 10.3. The highest BCUT2D eigenvalue weighted by molar-refractivity contribution is 6.05. The van der Waals surface area contributed by atoms with Crippen molar-refractivity contribution in [2.45, 2.75) is 51.2 Å². The van der Waals surface area contributed by atoms with Crippen molar-refractivity contribution in [2.24, 2.45) is 5.92 Å². The van der Waals surface area contributed by atoms with E-state index in [0.29, 0.717) is 29.9 Å². The quantitative estimate of drug-likeness (QED) is 0.608. The fourth-order valence-corrected chi connectivity index (χ4v) is 5.50. The molecule has 36 heavy (non-hydrogen) atoms. The van der Waals surface area contributed by atoms with Crippen LogP contribution in [0.2, 0.25) is 0 Å². The minimum atomic E-state index is -0.659. The SMILES string of the molecule is CC1CN(CC2CC2)CCN1C(=O)c1cn(-c2ccc3c(c2)CN(C2CCC(=O)NC2=O)C3=O)nn1. The predicted molar refractivity (Wildman–Crippen MR) is 127 cm³/mol. The first-order chi connectivity index (χ1) is 17.4. The Morgan fingerprint density at radius 3 is 2.72 bits per heavy atom. The van der Waals surface area contributed by atoms with E-state index in [4.69, 9.17) is 0 Å². The Morgan fingerprint density at radius 1 is 1.14 bits per heavy atom. The number of amides is 4. The van der Waals surface area contributed by atoms with Gasteiger partial charge in [-0.2, -0.15) is 0 Å². The lowest BCUT2D eigenvalue weighted by Crippen LogP contribution is -2.54. The summed E-state index contributed by atoms with van der Waals surface area (Å²) in [6.45, 7) is 5.91. The molecular weight excluding hydrogens is 462 g/mol. The van der Waals surface area contributed by atoms with Gasteiger partial charge in [-0.05, 0) is 55.9 Å². The van der Waals surface area contributed by atoms with Crippen LogP contribution in [-0.2, 0) is 16.1 Å². The summed E-state index contributed by atoms with van der Waals surface area (Å²) in [5, 5.41) is 10.6. The third-order valence-corrected chi connectivity index (χ3v) is 7.67. The van der Waals surface area contributed by atoms with Crippen molar-refractivity contribution in [2.75, 3.05) is 26.2 Å². The van der Waals surface area contributed by atoms with Crippen LogP contribution in [0.1, 0.15) is 59.0 Å². The number of piperazine rings is 1. The molecule has 11 heteroatoms. The topological polar surface area (TPSA) is 121 Å². The number of nitrogens with zero attached hydrogens (tertiary/aromatic N) is 6. The van der Waals surface area contributed by atoms with Crippen molar-refractivity contribution >= 4 is 23.6 Å². The van der Waals surface area contributed by atoms with E-state index in [2.05, 4.69) is 27.5 Å². The van der Waals surface area contributed by atoms with E-state index in [1.807, 2.05) is 11.0 Å². The van der Waals surface area contributed by atoms with E-state index in [-0.39, 0.29) is 36.7 Å². The Bertz CT molecular complexity index is 1250. The van der Waals surface area contributed by atoms with E-state index in [0.717, 1.165) is 31.1 Å². The second kappa shape index (κ2) is 8.81. The summed E-state index contributed by atoms with van der Waals surface area (Å²) in [6.07, 6.45) is 4.80. The Balaban J connectivity index is 1.15. The van der Waals surface area contributed by atoms with Gasteiger partial charge < -0.3 is 9.80 Å². The van der Waals surface area contributed by atoms with Gasteiger partial charge in [-0.15, -0.1) is 5.10 Å². The van der Waals surface area contributed by atoms with Crippen molar-refractivity contribution in [3.63, 3.8) is 0 Å². The molecule has 3 fully saturated rings. The fourth-order valence-electron chi connectivity index (χ4n) is 5.50. The lowest BCUT2D eigenvalue weighted by Gasteiger charge is -2.39. The van der Waals surface area contributed by atoms with Crippen LogP contribution in [0.4, 0.5) is 0 Å². The molecule has 2 atom stereocenters. The van der Waals surface area contributed by atoms with Crippen molar-refractivity contribution < 1.29 is 19.2 Å². The Kier molecular flexibility index (Phi) is 5.59. The molecule has 1 aromatic carbocycles. The predicted octanol–water partition coefficient (Wildman–Crippen LogP) is 0.585. The molecule has 0 radical (unpaired) electrons. The van der Waals surface area contributed by atoms with E-state index in [9.17, 15) is 19.2 Å². The van der Waals surface area contributed by atoms with Gasteiger partial charge in [0, 0.05) is 50.7 Å². The second-order valence-electron chi connectivity index (χ2n) is 10.3. The molecule has 4 heterocycles. The lowest BCUT2D eigenvalue weighted by atomic mass is 10.0. The van der Waals surface area contributed by atoms with Crippen molar-refractivity contribution in [1.82, 2.24) is 35.0 Å². The Hall–Kier alpha value is -3.60. The number of hydrogen-bond donors (Lipinski definition) is 1. The van der Waals surface area contributed by atoms with Crippen LogP contribution in [0.15, 0.2) is 24.4 Å². The first-order valence-electron chi connectivity index (χ1n) is 12.6. The summed E-state index contributed by atoms with van der Waals surface area (Å²) in [5.41, 5.74) is 2.27. The monoisotopic (exact) mass is 491 g/mol. The molecule has 0 bridgehead atoms. The molecule has 1 N–H and O–H groups in total. The largest absolute Gasteiger partial charge is 0.332 e. The van der Waals surface area contributed by atoms with Crippen LogP contribution in [0.3, 0.4) is 0 Å². The van der Waals surface area contributed by atoms with Crippen molar-refractivity contribution in [1.29, 1.82) is 0 Å².